The molecule has 1 atom stereocenters. The summed E-state index contributed by atoms with van der Waals surface area (Å²) in [6.45, 7) is 1.34. The largest absolute Gasteiger partial charge is 0.387 e. The lowest BCUT2D eigenvalue weighted by atomic mass is 10.2. The van der Waals surface area contributed by atoms with Crippen molar-refractivity contribution >= 4 is 17.4 Å². The highest BCUT2D eigenvalue weighted by Gasteiger charge is 2.05. The molecule has 1 aromatic carbocycles. The van der Waals surface area contributed by atoms with E-state index in [9.17, 15) is 5.11 Å². The van der Waals surface area contributed by atoms with Crippen LogP contribution in [0.1, 0.15) is 17.2 Å². The zero-order valence-electron chi connectivity index (χ0n) is 10.1. The second kappa shape index (κ2) is 7.11. The van der Waals surface area contributed by atoms with Gasteiger partial charge < -0.3 is 10.4 Å². The molecule has 0 spiro atoms. The van der Waals surface area contributed by atoms with Gasteiger partial charge in [-0.25, -0.2) is 0 Å². The van der Waals surface area contributed by atoms with E-state index in [-0.39, 0.29) is 0 Å². The molecule has 2 rings (SSSR count). The van der Waals surface area contributed by atoms with E-state index >= 15 is 0 Å². The van der Waals surface area contributed by atoms with Crippen LogP contribution in [0, 0.1) is 0 Å². The van der Waals surface area contributed by atoms with Gasteiger partial charge in [-0.05, 0) is 28.0 Å². The molecular formula is C15H17NOS. The van der Waals surface area contributed by atoms with Crippen LogP contribution < -0.4 is 5.32 Å². The number of benzene rings is 1. The van der Waals surface area contributed by atoms with Gasteiger partial charge in [-0.3, -0.25) is 0 Å². The fraction of sp³-hybridized carbons (Fsp3) is 0.200. The number of aliphatic hydroxyl groups is 1. The second-order valence-electron chi connectivity index (χ2n) is 4.04. The molecule has 0 saturated carbocycles. The SMILES string of the molecule is OC(CNC/C=C/c1ccccc1)c1ccsc1. The topological polar surface area (TPSA) is 32.3 Å². The van der Waals surface area contributed by atoms with Gasteiger partial charge in [0.1, 0.15) is 0 Å². The number of hydrogen-bond acceptors (Lipinski definition) is 3. The average Bonchev–Trinajstić information content (AvgIpc) is 2.93. The molecule has 2 nitrogen and oxygen atoms in total. The predicted molar refractivity (Wildman–Crippen MR) is 77.6 cm³/mol. The van der Waals surface area contributed by atoms with Gasteiger partial charge in [0.25, 0.3) is 0 Å². The number of rotatable bonds is 6. The van der Waals surface area contributed by atoms with Gasteiger partial charge in [-0.2, -0.15) is 11.3 Å². The standard InChI is InChI=1S/C15H17NOS/c17-15(14-8-10-18-12-14)11-16-9-4-7-13-5-2-1-3-6-13/h1-8,10,12,15-17H,9,11H2/b7-4+. The summed E-state index contributed by atoms with van der Waals surface area (Å²) in [5.74, 6) is 0. The number of nitrogens with one attached hydrogen (secondary N) is 1. The van der Waals surface area contributed by atoms with E-state index in [1.54, 1.807) is 11.3 Å². The van der Waals surface area contributed by atoms with Crippen molar-refractivity contribution in [3.63, 3.8) is 0 Å². The molecule has 1 aromatic heterocycles. The molecule has 0 fully saturated rings. The Labute approximate surface area is 112 Å². The van der Waals surface area contributed by atoms with E-state index in [0.29, 0.717) is 6.54 Å². The average molecular weight is 259 g/mol. The van der Waals surface area contributed by atoms with Crippen LogP contribution in [0.25, 0.3) is 6.08 Å². The molecule has 0 aliphatic rings. The van der Waals surface area contributed by atoms with Gasteiger partial charge >= 0.3 is 0 Å². The first-order chi connectivity index (χ1) is 8.86. The van der Waals surface area contributed by atoms with Crippen molar-refractivity contribution < 1.29 is 5.11 Å². The van der Waals surface area contributed by atoms with Crippen molar-refractivity contribution in [3.05, 3.63) is 64.4 Å². The Hall–Kier alpha value is -1.42. The van der Waals surface area contributed by atoms with Gasteiger partial charge in [-0.1, -0.05) is 42.5 Å². The zero-order valence-corrected chi connectivity index (χ0v) is 10.9. The first-order valence-corrected chi connectivity index (χ1v) is 6.93. The maximum atomic E-state index is 9.85. The van der Waals surface area contributed by atoms with Crippen molar-refractivity contribution in [2.45, 2.75) is 6.10 Å². The monoisotopic (exact) mass is 259 g/mol. The van der Waals surface area contributed by atoms with Crippen molar-refractivity contribution in [1.82, 2.24) is 5.32 Å². The maximum Gasteiger partial charge on any atom is 0.0922 e. The molecule has 18 heavy (non-hydrogen) atoms. The van der Waals surface area contributed by atoms with E-state index in [2.05, 4.69) is 29.6 Å². The van der Waals surface area contributed by atoms with E-state index in [4.69, 9.17) is 0 Å². The summed E-state index contributed by atoms with van der Waals surface area (Å²) in [5.41, 5.74) is 2.18. The normalized spacial score (nSPS) is 12.9. The summed E-state index contributed by atoms with van der Waals surface area (Å²) >= 11 is 1.61. The summed E-state index contributed by atoms with van der Waals surface area (Å²) in [5, 5.41) is 17.0. The van der Waals surface area contributed by atoms with Crippen LogP contribution >= 0.6 is 11.3 Å². The molecule has 0 aliphatic carbocycles. The Kier molecular flexibility index (Phi) is 5.15. The highest BCUT2D eigenvalue weighted by Crippen LogP contribution is 2.14. The molecule has 1 heterocycles. The molecule has 0 aliphatic heterocycles. The Morgan fingerprint density at radius 1 is 1.22 bits per heavy atom. The fourth-order valence-corrected chi connectivity index (χ4v) is 2.35. The van der Waals surface area contributed by atoms with E-state index < -0.39 is 6.10 Å². The van der Waals surface area contributed by atoms with Gasteiger partial charge in [0.05, 0.1) is 6.10 Å². The Morgan fingerprint density at radius 2 is 2.06 bits per heavy atom. The van der Waals surface area contributed by atoms with Gasteiger partial charge in [0.2, 0.25) is 0 Å². The van der Waals surface area contributed by atoms with E-state index in [0.717, 1.165) is 12.1 Å². The Bertz CT molecular complexity index is 465. The lowest BCUT2D eigenvalue weighted by Crippen LogP contribution is -2.21. The summed E-state index contributed by atoms with van der Waals surface area (Å²) in [7, 11) is 0. The first-order valence-electron chi connectivity index (χ1n) is 5.99. The molecule has 1 unspecified atom stereocenters. The zero-order chi connectivity index (χ0) is 12.6. The first kappa shape index (κ1) is 13.0. The molecule has 0 radical (unpaired) electrons. The third-order valence-corrected chi connectivity index (χ3v) is 3.34. The van der Waals surface area contributed by atoms with Gasteiger partial charge in [0, 0.05) is 13.1 Å². The van der Waals surface area contributed by atoms with E-state index in [1.165, 1.54) is 5.56 Å². The molecule has 3 heteroatoms. The second-order valence-corrected chi connectivity index (χ2v) is 4.82. The van der Waals surface area contributed by atoms with Crippen LogP contribution in [0.2, 0.25) is 0 Å². The fourth-order valence-electron chi connectivity index (χ4n) is 1.64. The summed E-state index contributed by atoms with van der Waals surface area (Å²) in [6.07, 6.45) is 3.72. The summed E-state index contributed by atoms with van der Waals surface area (Å²) in [6, 6.07) is 12.1. The molecule has 94 valence electrons. The van der Waals surface area contributed by atoms with Crippen LogP contribution in [0.4, 0.5) is 0 Å². The number of aliphatic hydroxyl groups excluding tert-OH is 1. The molecule has 0 bridgehead atoms. The minimum atomic E-state index is -0.415. The van der Waals surface area contributed by atoms with Crippen LogP contribution in [-0.4, -0.2) is 18.2 Å². The summed E-state index contributed by atoms with van der Waals surface area (Å²) < 4.78 is 0. The lowest BCUT2D eigenvalue weighted by Gasteiger charge is -2.08. The highest BCUT2D eigenvalue weighted by molar-refractivity contribution is 7.07. The quantitative estimate of drug-likeness (QED) is 0.781. The minimum Gasteiger partial charge on any atom is -0.387 e. The van der Waals surface area contributed by atoms with Crippen LogP contribution in [0.15, 0.2) is 53.2 Å². The highest BCUT2D eigenvalue weighted by atomic mass is 32.1. The number of hydrogen-bond donors (Lipinski definition) is 2. The minimum absolute atomic E-state index is 0.415. The Morgan fingerprint density at radius 3 is 2.78 bits per heavy atom. The van der Waals surface area contributed by atoms with Crippen molar-refractivity contribution in [1.29, 1.82) is 0 Å². The molecule has 0 amide bonds. The molecule has 2 N–H and O–H groups in total. The molecule has 0 saturated heterocycles. The predicted octanol–water partition coefficient (Wildman–Crippen LogP) is 3.08. The smallest absolute Gasteiger partial charge is 0.0922 e. The summed E-state index contributed by atoms with van der Waals surface area (Å²) in [4.78, 5) is 0. The lowest BCUT2D eigenvalue weighted by molar-refractivity contribution is 0.177. The van der Waals surface area contributed by atoms with Crippen LogP contribution in [-0.2, 0) is 0 Å². The van der Waals surface area contributed by atoms with Crippen LogP contribution in [0.3, 0.4) is 0 Å². The van der Waals surface area contributed by atoms with Gasteiger partial charge in [0.15, 0.2) is 0 Å². The van der Waals surface area contributed by atoms with Crippen molar-refractivity contribution in [2.75, 3.05) is 13.1 Å². The third-order valence-electron chi connectivity index (χ3n) is 2.64. The third kappa shape index (κ3) is 4.11. The van der Waals surface area contributed by atoms with Gasteiger partial charge in [-0.15, -0.1) is 0 Å². The maximum absolute atomic E-state index is 9.85. The van der Waals surface area contributed by atoms with Crippen molar-refractivity contribution in [3.8, 4) is 0 Å². The van der Waals surface area contributed by atoms with E-state index in [1.807, 2.05) is 35.0 Å². The van der Waals surface area contributed by atoms with Crippen molar-refractivity contribution in [2.24, 2.45) is 0 Å². The molecule has 2 aromatic rings. The Balaban J connectivity index is 1.69. The molecular weight excluding hydrogens is 242 g/mol. The van der Waals surface area contributed by atoms with Crippen LogP contribution in [0.5, 0.6) is 0 Å². The number of thiophene rings is 1.